The second-order valence-electron chi connectivity index (χ2n) is 6.39. The van der Waals surface area contributed by atoms with Crippen molar-refractivity contribution in [2.45, 2.75) is 32.2 Å². The van der Waals surface area contributed by atoms with Crippen molar-refractivity contribution in [3.05, 3.63) is 34.9 Å². The highest BCUT2D eigenvalue weighted by atomic mass is 16.5. The number of aliphatic imine (C=N–C) groups is 1. The van der Waals surface area contributed by atoms with Crippen LogP contribution in [0.3, 0.4) is 0 Å². The molecule has 0 saturated carbocycles. The second-order valence-corrected chi connectivity index (χ2v) is 6.39. The number of hydrogen-bond donors (Lipinski definition) is 2. The number of rotatable bonds is 6. The zero-order valence-electron chi connectivity index (χ0n) is 13.9. The smallest absolute Gasteiger partial charge is 0.188 e. The highest BCUT2D eigenvalue weighted by molar-refractivity contribution is 5.77. The maximum Gasteiger partial charge on any atom is 0.188 e. The number of nitrogens with zero attached hydrogens (tertiary/aromatic N) is 2. The van der Waals surface area contributed by atoms with Crippen molar-refractivity contribution in [2.24, 2.45) is 10.7 Å². The van der Waals surface area contributed by atoms with Crippen molar-refractivity contribution in [1.82, 2.24) is 10.2 Å². The number of aryl methyl sites for hydroxylation is 2. The van der Waals surface area contributed by atoms with E-state index in [1.807, 2.05) is 0 Å². The van der Waals surface area contributed by atoms with Gasteiger partial charge < -0.3 is 15.8 Å². The molecule has 5 heteroatoms. The number of nitrogens with one attached hydrogen (secondary N) is 1. The lowest BCUT2D eigenvalue weighted by atomic mass is 10.1. The standard InChI is InChI=1S/C18H28N4O/c19-18(20-7-2-8-22-9-11-23-12-10-22)21-14-15-5-6-16-3-1-4-17(16)13-15/h5-6,13H,1-4,7-12,14H2,(H3,19,20,21). The minimum atomic E-state index is 0.549. The molecule has 0 unspecified atom stereocenters. The minimum Gasteiger partial charge on any atom is -0.379 e. The van der Waals surface area contributed by atoms with E-state index < -0.39 is 0 Å². The Kier molecular flexibility index (Phi) is 5.88. The lowest BCUT2D eigenvalue weighted by Crippen LogP contribution is -2.39. The van der Waals surface area contributed by atoms with Crippen LogP contribution in [0.15, 0.2) is 23.2 Å². The molecule has 0 atom stereocenters. The highest BCUT2D eigenvalue weighted by Gasteiger charge is 2.11. The molecular formula is C18H28N4O. The topological polar surface area (TPSA) is 62.9 Å². The Morgan fingerprint density at radius 3 is 2.91 bits per heavy atom. The van der Waals surface area contributed by atoms with Gasteiger partial charge in [-0.1, -0.05) is 18.2 Å². The van der Waals surface area contributed by atoms with Crippen LogP contribution >= 0.6 is 0 Å². The van der Waals surface area contributed by atoms with Crippen LogP contribution in [0.5, 0.6) is 0 Å². The lowest BCUT2D eigenvalue weighted by Gasteiger charge is -2.26. The Labute approximate surface area is 138 Å². The number of fused-ring (bicyclic) bond motifs is 1. The minimum absolute atomic E-state index is 0.549. The summed E-state index contributed by atoms with van der Waals surface area (Å²) in [6.45, 7) is 6.43. The number of nitrogens with two attached hydrogens (primary N) is 1. The number of morpholine rings is 1. The lowest BCUT2D eigenvalue weighted by molar-refractivity contribution is 0.0376. The van der Waals surface area contributed by atoms with Gasteiger partial charge >= 0.3 is 0 Å². The number of ether oxygens (including phenoxy) is 1. The highest BCUT2D eigenvalue weighted by Crippen LogP contribution is 2.22. The molecule has 0 radical (unpaired) electrons. The molecule has 0 spiro atoms. The first-order chi connectivity index (χ1) is 11.3. The van der Waals surface area contributed by atoms with Crippen molar-refractivity contribution in [3.63, 3.8) is 0 Å². The van der Waals surface area contributed by atoms with E-state index >= 15 is 0 Å². The zero-order valence-corrected chi connectivity index (χ0v) is 13.9. The molecule has 5 nitrogen and oxygen atoms in total. The summed E-state index contributed by atoms with van der Waals surface area (Å²) >= 11 is 0. The number of hydrogen-bond acceptors (Lipinski definition) is 3. The monoisotopic (exact) mass is 316 g/mol. The predicted octanol–water partition coefficient (Wildman–Crippen LogP) is 1.30. The third-order valence-corrected chi connectivity index (χ3v) is 4.66. The van der Waals surface area contributed by atoms with Crippen molar-refractivity contribution in [3.8, 4) is 0 Å². The quantitative estimate of drug-likeness (QED) is 0.472. The summed E-state index contributed by atoms with van der Waals surface area (Å²) in [6, 6.07) is 6.72. The first-order valence-corrected chi connectivity index (χ1v) is 8.76. The van der Waals surface area contributed by atoms with E-state index in [-0.39, 0.29) is 0 Å². The summed E-state index contributed by atoms with van der Waals surface area (Å²) in [4.78, 5) is 6.89. The average molecular weight is 316 g/mol. The van der Waals surface area contributed by atoms with Crippen LogP contribution < -0.4 is 11.1 Å². The van der Waals surface area contributed by atoms with Crippen molar-refractivity contribution in [1.29, 1.82) is 0 Å². The van der Waals surface area contributed by atoms with Crippen LogP contribution in [0.4, 0.5) is 0 Å². The molecule has 1 aliphatic heterocycles. The van der Waals surface area contributed by atoms with Gasteiger partial charge in [0.15, 0.2) is 5.96 Å². The van der Waals surface area contributed by atoms with E-state index in [2.05, 4.69) is 33.4 Å². The SMILES string of the molecule is NC(=NCc1ccc2c(c1)CCC2)NCCCN1CCOCC1. The largest absolute Gasteiger partial charge is 0.379 e. The van der Waals surface area contributed by atoms with Gasteiger partial charge in [-0.2, -0.15) is 0 Å². The summed E-state index contributed by atoms with van der Waals surface area (Å²) in [7, 11) is 0. The van der Waals surface area contributed by atoms with Gasteiger partial charge in [0.05, 0.1) is 19.8 Å². The Morgan fingerprint density at radius 2 is 2.04 bits per heavy atom. The molecule has 23 heavy (non-hydrogen) atoms. The molecule has 0 aromatic heterocycles. The van der Waals surface area contributed by atoms with Gasteiger partial charge in [0.1, 0.15) is 0 Å². The van der Waals surface area contributed by atoms with Gasteiger partial charge in [0.25, 0.3) is 0 Å². The molecule has 2 aliphatic rings. The molecule has 0 bridgehead atoms. The fourth-order valence-corrected chi connectivity index (χ4v) is 3.30. The first kappa shape index (κ1) is 16.3. The van der Waals surface area contributed by atoms with E-state index in [1.165, 1.54) is 36.0 Å². The molecule has 126 valence electrons. The molecule has 1 saturated heterocycles. The summed E-state index contributed by atoms with van der Waals surface area (Å²) in [6.07, 6.45) is 4.80. The third-order valence-electron chi connectivity index (χ3n) is 4.66. The molecule has 1 aromatic carbocycles. The Morgan fingerprint density at radius 1 is 1.22 bits per heavy atom. The van der Waals surface area contributed by atoms with Crippen LogP contribution in [-0.2, 0) is 24.1 Å². The van der Waals surface area contributed by atoms with Crippen LogP contribution in [0.1, 0.15) is 29.5 Å². The maximum atomic E-state index is 5.96. The Bertz CT molecular complexity index is 538. The normalized spacial score (nSPS) is 18.9. The maximum absolute atomic E-state index is 5.96. The molecule has 1 heterocycles. The van der Waals surface area contributed by atoms with E-state index in [9.17, 15) is 0 Å². The van der Waals surface area contributed by atoms with E-state index in [4.69, 9.17) is 10.5 Å². The van der Waals surface area contributed by atoms with Gasteiger partial charge in [0, 0.05) is 19.6 Å². The zero-order chi connectivity index (χ0) is 15.9. The van der Waals surface area contributed by atoms with Crippen LogP contribution in [0.2, 0.25) is 0 Å². The molecule has 1 fully saturated rings. The van der Waals surface area contributed by atoms with E-state index in [1.54, 1.807) is 0 Å². The number of guanidine groups is 1. The van der Waals surface area contributed by atoms with Gasteiger partial charge in [-0.25, -0.2) is 4.99 Å². The first-order valence-electron chi connectivity index (χ1n) is 8.76. The van der Waals surface area contributed by atoms with Crippen molar-refractivity contribution in [2.75, 3.05) is 39.4 Å². The summed E-state index contributed by atoms with van der Waals surface area (Å²) in [5.41, 5.74) is 10.2. The Balaban J connectivity index is 1.36. The van der Waals surface area contributed by atoms with Crippen LogP contribution in [0.25, 0.3) is 0 Å². The summed E-state index contributed by atoms with van der Waals surface area (Å²) in [5.74, 6) is 0.549. The molecular weight excluding hydrogens is 288 g/mol. The van der Waals surface area contributed by atoms with Gasteiger partial charge in [-0.3, -0.25) is 4.90 Å². The Hall–Kier alpha value is -1.59. The number of benzene rings is 1. The van der Waals surface area contributed by atoms with E-state index in [0.29, 0.717) is 12.5 Å². The van der Waals surface area contributed by atoms with Gasteiger partial charge in [-0.05, 0) is 48.9 Å². The van der Waals surface area contributed by atoms with E-state index in [0.717, 1.165) is 45.8 Å². The van der Waals surface area contributed by atoms with Crippen molar-refractivity contribution >= 4 is 5.96 Å². The molecule has 3 rings (SSSR count). The van der Waals surface area contributed by atoms with Crippen LogP contribution in [-0.4, -0.2) is 50.3 Å². The molecule has 1 aromatic rings. The summed E-state index contributed by atoms with van der Waals surface area (Å²) in [5, 5.41) is 3.21. The fraction of sp³-hybridized carbons (Fsp3) is 0.611. The average Bonchev–Trinajstić information content (AvgIpc) is 3.05. The van der Waals surface area contributed by atoms with Crippen molar-refractivity contribution < 1.29 is 4.74 Å². The third kappa shape index (κ3) is 4.94. The fourth-order valence-electron chi connectivity index (χ4n) is 3.30. The molecule has 3 N–H and O–H groups in total. The summed E-state index contributed by atoms with van der Waals surface area (Å²) < 4.78 is 5.35. The molecule has 1 aliphatic carbocycles. The van der Waals surface area contributed by atoms with Gasteiger partial charge in [0.2, 0.25) is 0 Å². The predicted molar refractivity (Wildman–Crippen MR) is 93.7 cm³/mol. The van der Waals surface area contributed by atoms with Gasteiger partial charge in [-0.15, -0.1) is 0 Å². The van der Waals surface area contributed by atoms with Crippen LogP contribution in [0, 0.1) is 0 Å². The molecule has 0 amide bonds. The second kappa shape index (κ2) is 8.31.